The summed E-state index contributed by atoms with van der Waals surface area (Å²) >= 11 is 3.49. The maximum atomic E-state index is 13.6. The van der Waals surface area contributed by atoms with Crippen LogP contribution in [0.1, 0.15) is 74.0 Å². The summed E-state index contributed by atoms with van der Waals surface area (Å²) in [5, 5.41) is 0.0684. The third-order valence-electron chi connectivity index (χ3n) is 7.09. The molecular formula is C31H38BrFO3Si. The van der Waals surface area contributed by atoms with Gasteiger partial charge in [-0.2, -0.15) is 0 Å². The number of hydrogen-bond acceptors (Lipinski definition) is 3. The van der Waals surface area contributed by atoms with Crippen LogP contribution in [-0.4, -0.2) is 14.1 Å². The van der Waals surface area contributed by atoms with E-state index in [1.165, 1.54) is 12.1 Å². The van der Waals surface area contributed by atoms with E-state index in [1.54, 1.807) is 0 Å². The maximum Gasteiger partial charge on any atom is 0.192 e. The van der Waals surface area contributed by atoms with Crippen molar-refractivity contribution in [2.45, 2.75) is 77.3 Å². The molecule has 0 unspecified atom stereocenters. The number of rotatable bonds is 12. The highest BCUT2D eigenvalue weighted by molar-refractivity contribution is 9.10. The van der Waals surface area contributed by atoms with Gasteiger partial charge in [0.1, 0.15) is 18.2 Å². The van der Waals surface area contributed by atoms with Crippen LogP contribution in [-0.2, 0) is 11.0 Å². The first kappa shape index (κ1) is 29.3. The Morgan fingerprint density at radius 3 is 2.30 bits per heavy atom. The number of benzene rings is 3. The topological polar surface area (TPSA) is 35.5 Å². The zero-order chi connectivity index (χ0) is 27.1. The average molecular weight is 586 g/mol. The Hall–Kier alpha value is -2.28. The van der Waals surface area contributed by atoms with Gasteiger partial charge in [0, 0.05) is 10.9 Å². The Morgan fingerprint density at radius 1 is 0.973 bits per heavy atom. The molecule has 0 fully saturated rings. The third kappa shape index (κ3) is 8.62. The van der Waals surface area contributed by atoms with Crippen LogP contribution in [0.15, 0.2) is 77.3 Å². The minimum absolute atomic E-state index is 0.0684. The second kappa shape index (κ2) is 13.0. The molecule has 3 nitrogen and oxygen atoms in total. The van der Waals surface area contributed by atoms with Crippen LogP contribution in [0.2, 0.25) is 18.1 Å². The monoisotopic (exact) mass is 584 g/mol. The molecule has 0 saturated heterocycles. The third-order valence-corrected chi connectivity index (χ3v) is 12.1. The van der Waals surface area contributed by atoms with Gasteiger partial charge in [-0.3, -0.25) is 4.79 Å². The van der Waals surface area contributed by atoms with E-state index in [2.05, 4.69) is 49.8 Å². The Balaban J connectivity index is 1.63. The summed E-state index contributed by atoms with van der Waals surface area (Å²) in [4.78, 5) is 13.1. The number of Topliss-reactive ketones (excluding diaryl/α,β-unsaturated/α-hetero) is 1. The van der Waals surface area contributed by atoms with Crippen molar-refractivity contribution < 1.29 is 18.3 Å². The summed E-state index contributed by atoms with van der Waals surface area (Å²) in [6.07, 6.45) is 2.67. The summed E-state index contributed by atoms with van der Waals surface area (Å²) in [6, 6.07) is 22.1. The molecule has 0 heterocycles. The summed E-state index contributed by atoms with van der Waals surface area (Å²) in [7, 11) is -2.03. The molecule has 6 heteroatoms. The maximum absolute atomic E-state index is 13.6. The highest BCUT2D eigenvalue weighted by Crippen LogP contribution is 2.41. The highest BCUT2D eigenvalue weighted by atomic mass is 79.9. The van der Waals surface area contributed by atoms with Crippen LogP contribution < -0.4 is 4.74 Å². The van der Waals surface area contributed by atoms with E-state index in [0.717, 1.165) is 34.9 Å². The van der Waals surface area contributed by atoms with E-state index in [1.807, 2.05) is 60.7 Å². The second-order valence-electron chi connectivity index (χ2n) is 11.0. The molecule has 0 amide bonds. The van der Waals surface area contributed by atoms with Crippen LogP contribution in [0.5, 0.6) is 5.75 Å². The molecule has 0 aliphatic rings. The largest absolute Gasteiger partial charge is 0.488 e. The molecule has 37 heavy (non-hydrogen) atoms. The molecule has 198 valence electrons. The first-order valence-corrected chi connectivity index (χ1v) is 16.6. The minimum Gasteiger partial charge on any atom is -0.488 e. The number of ether oxygens (including phenoxy) is 1. The van der Waals surface area contributed by atoms with E-state index in [0.29, 0.717) is 24.3 Å². The Bertz CT molecular complexity index is 1160. The average Bonchev–Trinajstić information content (AvgIpc) is 2.85. The summed E-state index contributed by atoms with van der Waals surface area (Å²) in [5.74, 6) is 0.410. The fourth-order valence-electron chi connectivity index (χ4n) is 3.83. The molecule has 0 aromatic heterocycles. The van der Waals surface area contributed by atoms with E-state index in [-0.39, 0.29) is 22.7 Å². The molecule has 0 aliphatic heterocycles. The highest BCUT2D eigenvalue weighted by Gasteiger charge is 2.39. The Morgan fingerprint density at radius 2 is 1.65 bits per heavy atom. The van der Waals surface area contributed by atoms with Crippen molar-refractivity contribution in [1.29, 1.82) is 0 Å². The number of unbranched alkanes of at least 4 members (excludes halogenated alkanes) is 1. The standard InChI is InChI=1S/C31H38BrFO3Si/c1-31(2,3)37(4,5)36-29(24-15-18-26(33)19-16-24)14-10-9-13-28(34)27-20-17-25(32)21-30(27)35-22-23-11-7-6-8-12-23/h6-8,11-12,15-21,29H,9-10,13-14,22H2,1-5H3/t29-/m1/s1. The summed E-state index contributed by atoms with van der Waals surface area (Å²) < 4.78 is 27.2. The lowest BCUT2D eigenvalue weighted by Gasteiger charge is -2.39. The van der Waals surface area contributed by atoms with E-state index in [4.69, 9.17) is 9.16 Å². The lowest BCUT2D eigenvalue weighted by Crippen LogP contribution is -2.41. The Kier molecular flexibility index (Phi) is 10.3. The molecule has 0 spiro atoms. The van der Waals surface area contributed by atoms with Gasteiger partial charge in [-0.1, -0.05) is 85.6 Å². The van der Waals surface area contributed by atoms with Gasteiger partial charge >= 0.3 is 0 Å². The van der Waals surface area contributed by atoms with Gasteiger partial charge in [0.15, 0.2) is 14.1 Å². The number of ketones is 1. The molecule has 3 rings (SSSR count). The first-order valence-electron chi connectivity index (χ1n) is 12.9. The van der Waals surface area contributed by atoms with Gasteiger partial charge in [-0.05, 0) is 72.4 Å². The predicted molar refractivity (Wildman–Crippen MR) is 155 cm³/mol. The van der Waals surface area contributed by atoms with Crippen molar-refractivity contribution in [2.75, 3.05) is 0 Å². The van der Waals surface area contributed by atoms with Crippen molar-refractivity contribution in [3.63, 3.8) is 0 Å². The molecule has 0 aliphatic carbocycles. The van der Waals surface area contributed by atoms with E-state index in [9.17, 15) is 9.18 Å². The fraction of sp³-hybridized carbons (Fsp3) is 0.387. The number of carbonyl (C=O) groups excluding carboxylic acids is 1. The second-order valence-corrected chi connectivity index (χ2v) is 16.7. The van der Waals surface area contributed by atoms with Gasteiger partial charge in [-0.15, -0.1) is 0 Å². The smallest absolute Gasteiger partial charge is 0.192 e. The van der Waals surface area contributed by atoms with Crippen molar-refractivity contribution >= 4 is 30.0 Å². The summed E-state index contributed by atoms with van der Waals surface area (Å²) in [5.41, 5.74) is 2.64. The van der Waals surface area contributed by atoms with Gasteiger partial charge < -0.3 is 9.16 Å². The lowest BCUT2D eigenvalue weighted by atomic mass is 10.00. The van der Waals surface area contributed by atoms with Gasteiger partial charge in [0.2, 0.25) is 0 Å². The molecular weight excluding hydrogens is 547 g/mol. The molecule has 3 aromatic carbocycles. The molecule has 0 N–H and O–H groups in total. The zero-order valence-corrected chi connectivity index (χ0v) is 25.1. The van der Waals surface area contributed by atoms with Crippen LogP contribution in [0.25, 0.3) is 0 Å². The van der Waals surface area contributed by atoms with Crippen LogP contribution in [0, 0.1) is 5.82 Å². The quantitative estimate of drug-likeness (QED) is 0.121. The van der Waals surface area contributed by atoms with Gasteiger partial charge in [-0.25, -0.2) is 4.39 Å². The molecule has 3 aromatic rings. The number of carbonyl (C=O) groups is 1. The zero-order valence-electron chi connectivity index (χ0n) is 22.5. The fourth-order valence-corrected chi connectivity index (χ4v) is 5.49. The van der Waals surface area contributed by atoms with Gasteiger partial charge in [0.05, 0.1) is 11.7 Å². The molecule has 0 radical (unpaired) electrons. The van der Waals surface area contributed by atoms with Crippen molar-refractivity contribution in [3.8, 4) is 5.75 Å². The van der Waals surface area contributed by atoms with Crippen LogP contribution in [0.3, 0.4) is 0 Å². The van der Waals surface area contributed by atoms with Crippen LogP contribution in [0.4, 0.5) is 4.39 Å². The minimum atomic E-state index is -2.03. The van der Waals surface area contributed by atoms with Crippen molar-refractivity contribution in [1.82, 2.24) is 0 Å². The molecule has 0 saturated carbocycles. The summed E-state index contributed by atoms with van der Waals surface area (Å²) in [6.45, 7) is 11.5. The van der Waals surface area contributed by atoms with Crippen molar-refractivity contribution in [3.05, 3.63) is 99.8 Å². The number of halogens is 2. The molecule has 1 atom stereocenters. The SMILES string of the molecule is CC(C)(C)[Si](C)(C)O[C@H](CCCCC(=O)c1ccc(Br)cc1OCc1ccccc1)c1ccc(F)cc1. The number of hydrogen-bond donors (Lipinski definition) is 0. The lowest BCUT2D eigenvalue weighted by molar-refractivity contribution is 0.0971. The van der Waals surface area contributed by atoms with Crippen LogP contribution >= 0.6 is 15.9 Å². The molecule has 0 bridgehead atoms. The van der Waals surface area contributed by atoms with Gasteiger partial charge in [0.25, 0.3) is 0 Å². The van der Waals surface area contributed by atoms with Crippen molar-refractivity contribution in [2.24, 2.45) is 0 Å². The predicted octanol–water partition coefficient (Wildman–Crippen LogP) is 9.67. The Labute approximate surface area is 230 Å². The van der Waals surface area contributed by atoms with E-state index < -0.39 is 8.32 Å². The normalized spacial score (nSPS) is 12.8. The first-order chi connectivity index (χ1) is 17.5. The van der Waals surface area contributed by atoms with E-state index >= 15 is 0 Å².